The van der Waals surface area contributed by atoms with E-state index in [4.69, 9.17) is 5.73 Å². The molecule has 5 nitrogen and oxygen atoms in total. The molecule has 5 atom stereocenters. The van der Waals surface area contributed by atoms with E-state index < -0.39 is 5.41 Å². The van der Waals surface area contributed by atoms with Gasteiger partial charge in [-0.3, -0.25) is 14.6 Å². The number of nitrogens with zero attached hydrogens (tertiary/aromatic N) is 1. The Balaban J connectivity index is 1.27. The number of pyridine rings is 1. The molecule has 2 amide bonds. The topological polar surface area (TPSA) is 85.1 Å². The molecule has 33 heavy (non-hydrogen) atoms. The molecule has 4 bridgehead atoms. The first kappa shape index (κ1) is 21.9. The molecule has 4 aliphatic carbocycles. The maximum absolute atomic E-state index is 13.4. The number of amides is 2. The summed E-state index contributed by atoms with van der Waals surface area (Å²) in [5.41, 5.74) is 8.04. The lowest BCUT2D eigenvalue weighted by atomic mass is 9.47. The molecular formula is C28H33N3O2. The Morgan fingerprint density at radius 3 is 2.12 bits per heavy atom. The van der Waals surface area contributed by atoms with Gasteiger partial charge in [0.1, 0.15) is 0 Å². The van der Waals surface area contributed by atoms with E-state index in [-0.39, 0.29) is 23.3 Å². The molecule has 0 spiro atoms. The van der Waals surface area contributed by atoms with Crippen molar-refractivity contribution in [1.82, 2.24) is 10.3 Å². The van der Waals surface area contributed by atoms with Crippen molar-refractivity contribution in [3.05, 3.63) is 65.5 Å². The number of aromatic nitrogens is 1. The molecule has 6 rings (SSSR count). The van der Waals surface area contributed by atoms with Gasteiger partial charge in [0, 0.05) is 23.9 Å². The van der Waals surface area contributed by atoms with Gasteiger partial charge < -0.3 is 11.1 Å². The summed E-state index contributed by atoms with van der Waals surface area (Å²) in [5, 5.41) is 3.41. The summed E-state index contributed by atoms with van der Waals surface area (Å²) in [6, 6.07) is 12.3. The van der Waals surface area contributed by atoms with Crippen molar-refractivity contribution in [1.29, 1.82) is 0 Å². The van der Waals surface area contributed by atoms with Gasteiger partial charge in [-0.15, -0.1) is 0 Å². The second-order valence-electron chi connectivity index (χ2n) is 11.0. The smallest absolute Gasteiger partial charge is 0.230 e. The fraction of sp³-hybridized carbons (Fsp3) is 0.464. The van der Waals surface area contributed by atoms with E-state index in [1.54, 1.807) is 12.4 Å². The largest absolute Gasteiger partial charge is 0.369 e. The van der Waals surface area contributed by atoms with E-state index >= 15 is 0 Å². The van der Waals surface area contributed by atoms with E-state index in [1.165, 1.54) is 0 Å². The van der Waals surface area contributed by atoms with Gasteiger partial charge in [0.15, 0.2) is 0 Å². The van der Waals surface area contributed by atoms with Gasteiger partial charge in [0.2, 0.25) is 11.8 Å². The summed E-state index contributed by atoms with van der Waals surface area (Å²) in [6.45, 7) is 3.98. The minimum Gasteiger partial charge on any atom is -0.369 e. The fourth-order valence-corrected chi connectivity index (χ4v) is 6.70. The second kappa shape index (κ2) is 8.12. The van der Waals surface area contributed by atoms with Crippen LogP contribution in [0, 0.1) is 23.2 Å². The van der Waals surface area contributed by atoms with Gasteiger partial charge in [0.25, 0.3) is 0 Å². The molecule has 0 saturated heterocycles. The van der Waals surface area contributed by atoms with Crippen LogP contribution in [0.15, 0.2) is 48.8 Å². The average Bonchev–Trinajstić information content (AvgIpc) is 2.80. The highest BCUT2D eigenvalue weighted by Crippen LogP contribution is 2.60. The monoisotopic (exact) mass is 443 g/mol. The molecule has 172 valence electrons. The number of hydrogen-bond acceptors (Lipinski definition) is 3. The fourth-order valence-electron chi connectivity index (χ4n) is 6.70. The van der Waals surface area contributed by atoms with Crippen molar-refractivity contribution >= 4 is 24.0 Å². The molecule has 1 aromatic heterocycles. The number of hydrogen-bond donors (Lipinski definition) is 2. The minimum atomic E-state index is -0.636. The van der Waals surface area contributed by atoms with Gasteiger partial charge in [0.05, 0.1) is 5.41 Å². The second-order valence-corrected chi connectivity index (χ2v) is 11.0. The minimum absolute atomic E-state index is 0.0631. The zero-order chi connectivity index (χ0) is 23.2. The lowest BCUT2D eigenvalue weighted by Gasteiger charge is -2.59. The van der Waals surface area contributed by atoms with Crippen LogP contribution in [-0.4, -0.2) is 22.8 Å². The van der Waals surface area contributed by atoms with Crippen molar-refractivity contribution < 1.29 is 9.59 Å². The van der Waals surface area contributed by atoms with E-state index in [0.29, 0.717) is 17.8 Å². The van der Waals surface area contributed by atoms with Gasteiger partial charge in [-0.1, -0.05) is 36.4 Å². The highest BCUT2D eigenvalue weighted by atomic mass is 16.2. The number of rotatable bonds is 6. The van der Waals surface area contributed by atoms with Crippen LogP contribution < -0.4 is 11.1 Å². The van der Waals surface area contributed by atoms with Crippen LogP contribution in [0.3, 0.4) is 0 Å². The Bertz CT molecular complexity index is 1060. The van der Waals surface area contributed by atoms with E-state index in [0.717, 1.165) is 48.8 Å². The zero-order valence-electron chi connectivity index (χ0n) is 19.5. The summed E-state index contributed by atoms with van der Waals surface area (Å²) >= 11 is 0. The van der Waals surface area contributed by atoms with E-state index in [2.05, 4.69) is 34.6 Å². The molecule has 4 aliphatic rings. The first-order valence-corrected chi connectivity index (χ1v) is 12.1. The van der Waals surface area contributed by atoms with Gasteiger partial charge in [-0.05, 0) is 92.5 Å². The molecule has 4 fully saturated rings. The number of nitrogens with two attached hydrogens (primary N) is 1. The molecule has 4 saturated carbocycles. The van der Waals surface area contributed by atoms with Crippen LogP contribution in [0.4, 0.5) is 0 Å². The van der Waals surface area contributed by atoms with Crippen LogP contribution in [-0.2, 0) is 15.0 Å². The number of nitrogens with one attached hydrogen (secondary N) is 1. The van der Waals surface area contributed by atoms with Gasteiger partial charge in [-0.25, -0.2) is 0 Å². The van der Waals surface area contributed by atoms with E-state index in [1.807, 2.05) is 38.1 Å². The van der Waals surface area contributed by atoms with Crippen molar-refractivity contribution in [3.8, 4) is 0 Å². The third-order valence-electron chi connectivity index (χ3n) is 8.47. The third-order valence-corrected chi connectivity index (χ3v) is 8.47. The molecule has 0 radical (unpaired) electrons. The molecule has 2 aromatic rings. The Kier molecular flexibility index (Phi) is 5.38. The molecule has 1 aromatic carbocycles. The zero-order valence-corrected chi connectivity index (χ0v) is 19.5. The molecule has 0 aliphatic heterocycles. The Morgan fingerprint density at radius 1 is 0.970 bits per heavy atom. The summed E-state index contributed by atoms with van der Waals surface area (Å²) < 4.78 is 0. The van der Waals surface area contributed by atoms with Gasteiger partial charge >= 0.3 is 0 Å². The van der Waals surface area contributed by atoms with Crippen molar-refractivity contribution in [2.24, 2.45) is 28.9 Å². The maximum atomic E-state index is 13.4. The summed E-state index contributed by atoms with van der Waals surface area (Å²) in [5.74, 6) is 1.25. The van der Waals surface area contributed by atoms with Crippen LogP contribution in [0.25, 0.3) is 12.2 Å². The Morgan fingerprint density at radius 2 is 1.55 bits per heavy atom. The van der Waals surface area contributed by atoms with Gasteiger partial charge in [-0.2, -0.15) is 0 Å². The molecule has 5 heteroatoms. The van der Waals surface area contributed by atoms with Crippen LogP contribution in [0.1, 0.15) is 62.6 Å². The Labute approximate surface area is 195 Å². The summed E-state index contributed by atoms with van der Waals surface area (Å²) in [6.07, 6.45) is 12.5. The number of carbonyl (C=O) groups excluding carboxylic acids is 2. The highest BCUT2D eigenvalue weighted by Gasteiger charge is 2.58. The Hall–Kier alpha value is -2.95. The van der Waals surface area contributed by atoms with Crippen LogP contribution in [0.2, 0.25) is 0 Å². The van der Waals surface area contributed by atoms with E-state index in [9.17, 15) is 9.59 Å². The van der Waals surface area contributed by atoms with Crippen molar-refractivity contribution in [3.63, 3.8) is 0 Å². The van der Waals surface area contributed by atoms with Crippen molar-refractivity contribution in [2.75, 3.05) is 0 Å². The predicted molar refractivity (Wildman–Crippen MR) is 130 cm³/mol. The molecule has 3 N–H and O–H groups in total. The normalized spacial score (nSPS) is 30.5. The third kappa shape index (κ3) is 3.98. The predicted octanol–water partition coefficient (Wildman–Crippen LogP) is 4.33. The first-order chi connectivity index (χ1) is 15.8. The standard InChI is InChI=1S/C28H33N3O2/c1-27(2,23-7-5-18(6-8-23)3-4-19-9-11-30-12-10-19)26(33)31-24-21-13-20-14-22(24)17-28(15-20,16-21)25(29)32/h3-12,20-22,24H,13-17H2,1-2H3,(H2,29,32)(H,31,33)/b4-3+/t20?,21-,22+,24?,28?. The number of primary amides is 1. The first-order valence-electron chi connectivity index (χ1n) is 12.1. The number of carbonyl (C=O) groups is 2. The average molecular weight is 444 g/mol. The quantitative estimate of drug-likeness (QED) is 0.697. The maximum Gasteiger partial charge on any atom is 0.230 e. The molecule has 3 unspecified atom stereocenters. The lowest BCUT2D eigenvalue weighted by molar-refractivity contribution is -0.148. The summed E-state index contributed by atoms with van der Waals surface area (Å²) in [4.78, 5) is 29.7. The summed E-state index contributed by atoms with van der Waals surface area (Å²) in [7, 11) is 0. The van der Waals surface area contributed by atoms with Crippen LogP contribution >= 0.6 is 0 Å². The van der Waals surface area contributed by atoms with Crippen LogP contribution in [0.5, 0.6) is 0 Å². The lowest BCUT2D eigenvalue weighted by Crippen LogP contribution is -2.63. The highest BCUT2D eigenvalue weighted by molar-refractivity contribution is 5.88. The molecular weight excluding hydrogens is 410 g/mol. The number of benzene rings is 1. The SMILES string of the molecule is CC(C)(C(=O)NC1[C@@H]2CC3C[C@H]1CC(C(N)=O)(C3)C2)c1ccc(/C=C/c2ccncc2)cc1. The van der Waals surface area contributed by atoms with Crippen molar-refractivity contribution in [2.45, 2.75) is 57.4 Å². The molecule has 1 heterocycles.